The number of carboxylic acids is 1. The zero-order valence-electron chi connectivity index (χ0n) is 10.8. The van der Waals surface area contributed by atoms with E-state index in [0.29, 0.717) is 13.0 Å². The summed E-state index contributed by atoms with van der Waals surface area (Å²) in [6, 6.07) is -1.84. The molecule has 0 fully saturated rings. The number of unbranched alkanes of at least 4 members (excludes halogenated alkanes) is 2. The predicted molar refractivity (Wildman–Crippen MR) is 65.2 cm³/mol. The molecule has 0 aliphatic rings. The molecule has 7 heteroatoms. The Kier molecular flexibility index (Phi) is 8.06. The maximum absolute atomic E-state index is 11.6. The third-order valence-electron chi connectivity index (χ3n) is 2.53. The van der Waals surface area contributed by atoms with Crippen LogP contribution in [0.5, 0.6) is 0 Å². The van der Waals surface area contributed by atoms with Crippen molar-refractivity contribution >= 4 is 12.0 Å². The van der Waals surface area contributed by atoms with Crippen LogP contribution in [0.4, 0.5) is 4.79 Å². The zero-order valence-corrected chi connectivity index (χ0v) is 10.8. The molecular formula is C11H22N2O5. The standard InChI is InChI=1S/C11H22N2O5/c1-8(15)9(10(16)17)12-11(18)13(2)6-4-3-5-7-14/h8-9,14-15H,3-7H2,1-2H3,(H,12,18)(H,16,17)/t8-,9+/m1/s1. The highest BCUT2D eigenvalue weighted by molar-refractivity contribution is 5.82. The lowest BCUT2D eigenvalue weighted by Crippen LogP contribution is -2.51. The lowest BCUT2D eigenvalue weighted by Gasteiger charge is -2.22. The van der Waals surface area contributed by atoms with Gasteiger partial charge in [0.1, 0.15) is 0 Å². The second-order valence-corrected chi connectivity index (χ2v) is 4.21. The molecule has 4 N–H and O–H groups in total. The molecule has 0 aliphatic carbocycles. The summed E-state index contributed by atoms with van der Waals surface area (Å²) in [5.41, 5.74) is 0. The smallest absolute Gasteiger partial charge is 0.328 e. The van der Waals surface area contributed by atoms with Crippen LogP contribution in [0.2, 0.25) is 0 Å². The number of nitrogens with zero attached hydrogens (tertiary/aromatic N) is 1. The van der Waals surface area contributed by atoms with Crippen molar-refractivity contribution in [2.75, 3.05) is 20.2 Å². The number of rotatable bonds is 8. The largest absolute Gasteiger partial charge is 0.480 e. The Balaban J connectivity index is 4.09. The average Bonchev–Trinajstić information content (AvgIpc) is 2.30. The van der Waals surface area contributed by atoms with Gasteiger partial charge < -0.3 is 25.5 Å². The number of carboxylic acid groups (broad SMARTS) is 1. The van der Waals surface area contributed by atoms with Crippen LogP contribution in [0.15, 0.2) is 0 Å². The molecular weight excluding hydrogens is 240 g/mol. The van der Waals surface area contributed by atoms with E-state index in [-0.39, 0.29) is 6.61 Å². The number of carbonyl (C=O) groups is 2. The van der Waals surface area contributed by atoms with Crippen LogP contribution in [-0.2, 0) is 4.79 Å². The van der Waals surface area contributed by atoms with Gasteiger partial charge in [-0.1, -0.05) is 0 Å². The fourth-order valence-corrected chi connectivity index (χ4v) is 1.37. The first-order valence-electron chi connectivity index (χ1n) is 5.93. The van der Waals surface area contributed by atoms with Crippen LogP contribution in [0, 0.1) is 0 Å². The van der Waals surface area contributed by atoms with Crippen molar-refractivity contribution in [1.82, 2.24) is 10.2 Å². The summed E-state index contributed by atoms with van der Waals surface area (Å²) in [6.07, 6.45) is 1.05. The van der Waals surface area contributed by atoms with Crippen LogP contribution < -0.4 is 5.32 Å². The van der Waals surface area contributed by atoms with Gasteiger partial charge in [0.05, 0.1) is 6.10 Å². The van der Waals surface area contributed by atoms with E-state index in [9.17, 15) is 14.7 Å². The Labute approximate surface area is 106 Å². The molecule has 0 aromatic rings. The van der Waals surface area contributed by atoms with Gasteiger partial charge in [0.15, 0.2) is 6.04 Å². The first-order valence-corrected chi connectivity index (χ1v) is 5.93. The molecule has 0 unspecified atom stereocenters. The summed E-state index contributed by atoms with van der Waals surface area (Å²) < 4.78 is 0. The Morgan fingerprint density at radius 2 is 1.89 bits per heavy atom. The van der Waals surface area contributed by atoms with Gasteiger partial charge in [-0.25, -0.2) is 9.59 Å². The molecule has 0 saturated heterocycles. The van der Waals surface area contributed by atoms with Crippen LogP contribution >= 0.6 is 0 Å². The summed E-state index contributed by atoms with van der Waals surface area (Å²) in [5, 5.41) is 28.9. The van der Waals surface area contributed by atoms with Gasteiger partial charge >= 0.3 is 12.0 Å². The van der Waals surface area contributed by atoms with Crippen molar-refractivity contribution in [2.24, 2.45) is 0 Å². The number of urea groups is 1. The SMILES string of the molecule is C[C@@H](O)[C@H](NC(=O)N(C)CCCCCO)C(=O)O. The first-order chi connectivity index (χ1) is 8.40. The Morgan fingerprint density at radius 3 is 2.33 bits per heavy atom. The van der Waals surface area contributed by atoms with Gasteiger partial charge in [-0.3, -0.25) is 0 Å². The maximum Gasteiger partial charge on any atom is 0.328 e. The third kappa shape index (κ3) is 6.41. The van der Waals surface area contributed by atoms with Crippen molar-refractivity contribution in [2.45, 2.75) is 38.3 Å². The molecule has 0 heterocycles. The van der Waals surface area contributed by atoms with Crippen LogP contribution in [0.3, 0.4) is 0 Å². The molecule has 0 aromatic heterocycles. The van der Waals surface area contributed by atoms with Crippen molar-refractivity contribution < 1.29 is 24.9 Å². The molecule has 0 bridgehead atoms. The zero-order chi connectivity index (χ0) is 14.1. The fraction of sp³-hybridized carbons (Fsp3) is 0.818. The quantitative estimate of drug-likeness (QED) is 0.446. The highest BCUT2D eigenvalue weighted by Gasteiger charge is 2.25. The van der Waals surface area contributed by atoms with E-state index in [4.69, 9.17) is 10.2 Å². The predicted octanol–water partition coefficient (Wildman–Crippen LogP) is -0.376. The number of carbonyl (C=O) groups excluding carboxylic acids is 1. The van der Waals surface area contributed by atoms with E-state index in [1.54, 1.807) is 7.05 Å². The number of amides is 2. The van der Waals surface area contributed by atoms with Gasteiger partial charge in [0.2, 0.25) is 0 Å². The van der Waals surface area contributed by atoms with E-state index >= 15 is 0 Å². The molecule has 7 nitrogen and oxygen atoms in total. The van der Waals surface area contributed by atoms with Crippen molar-refractivity contribution in [1.29, 1.82) is 0 Å². The van der Waals surface area contributed by atoms with Crippen LogP contribution in [0.25, 0.3) is 0 Å². The summed E-state index contributed by atoms with van der Waals surface area (Å²) in [7, 11) is 1.55. The van der Waals surface area contributed by atoms with Crippen molar-refractivity contribution in [3.05, 3.63) is 0 Å². The highest BCUT2D eigenvalue weighted by atomic mass is 16.4. The number of nitrogens with one attached hydrogen (secondary N) is 1. The first kappa shape index (κ1) is 16.7. The lowest BCUT2D eigenvalue weighted by molar-refractivity contribution is -0.141. The van der Waals surface area contributed by atoms with E-state index in [2.05, 4.69) is 5.32 Å². The minimum Gasteiger partial charge on any atom is -0.480 e. The van der Waals surface area contributed by atoms with E-state index in [1.807, 2.05) is 0 Å². The molecule has 0 saturated carbocycles. The summed E-state index contributed by atoms with van der Waals surface area (Å²) >= 11 is 0. The molecule has 0 aliphatic heterocycles. The van der Waals surface area contributed by atoms with Gasteiger partial charge in [-0.05, 0) is 26.2 Å². The molecule has 0 rings (SSSR count). The second-order valence-electron chi connectivity index (χ2n) is 4.21. The summed E-state index contributed by atoms with van der Waals surface area (Å²) in [5.74, 6) is -1.27. The number of aliphatic hydroxyl groups is 2. The van der Waals surface area contributed by atoms with Gasteiger partial charge in [-0.2, -0.15) is 0 Å². The number of hydrogen-bond acceptors (Lipinski definition) is 4. The van der Waals surface area contributed by atoms with Gasteiger partial charge in [0.25, 0.3) is 0 Å². The van der Waals surface area contributed by atoms with Crippen molar-refractivity contribution in [3.63, 3.8) is 0 Å². The molecule has 0 spiro atoms. The Morgan fingerprint density at radius 1 is 1.28 bits per heavy atom. The summed E-state index contributed by atoms with van der Waals surface area (Å²) in [4.78, 5) is 23.8. The number of hydrogen-bond donors (Lipinski definition) is 4. The molecule has 0 radical (unpaired) electrons. The summed E-state index contributed by atoms with van der Waals surface area (Å²) in [6.45, 7) is 1.90. The molecule has 106 valence electrons. The Bertz CT molecular complexity index is 270. The second kappa shape index (κ2) is 8.71. The van der Waals surface area contributed by atoms with Gasteiger partial charge in [-0.15, -0.1) is 0 Å². The Hall–Kier alpha value is -1.34. The minimum atomic E-state index is -1.31. The fourth-order valence-electron chi connectivity index (χ4n) is 1.37. The third-order valence-corrected chi connectivity index (χ3v) is 2.53. The monoisotopic (exact) mass is 262 g/mol. The van der Waals surface area contributed by atoms with Crippen LogP contribution in [-0.4, -0.2) is 64.6 Å². The lowest BCUT2D eigenvalue weighted by atomic mass is 10.2. The minimum absolute atomic E-state index is 0.124. The van der Waals surface area contributed by atoms with E-state index < -0.39 is 24.1 Å². The molecule has 2 amide bonds. The van der Waals surface area contributed by atoms with Crippen LogP contribution in [0.1, 0.15) is 26.2 Å². The molecule has 0 aromatic carbocycles. The van der Waals surface area contributed by atoms with E-state index in [1.165, 1.54) is 11.8 Å². The molecule has 2 atom stereocenters. The normalized spacial score (nSPS) is 13.8. The number of aliphatic hydroxyl groups excluding tert-OH is 2. The number of aliphatic carboxylic acids is 1. The van der Waals surface area contributed by atoms with Gasteiger partial charge in [0, 0.05) is 20.2 Å². The molecule has 18 heavy (non-hydrogen) atoms. The topological polar surface area (TPSA) is 110 Å². The highest BCUT2D eigenvalue weighted by Crippen LogP contribution is 1.99. The van der Waals surface area contributed by atoms with Crippen molar-refractivity contribution in [3.8, 4) is 0 Å². The van der Waals surface area contributed by atoms with E-state index in [0.717, 1.165) is 12.8 Å². The maximum atomic E-state index is 11.6. The average molecular weight is 262 g/mol.